The van der Waals surface area contributed by atoms with Crippen molar-refractivity contribution in [3.63, 3.8) is 0 Å². The van der Waals surface area contributed by atoms with Gasteiger partial charge in [0.1, 0.15) is 0 Å². The van der Waals surface area contributed by atoms with Crippen LogP contribution in [-0.2, 0) is 6.54 Å². The zero-order valence-electron chi connectivity index (χ0n) is 11.0. The number of nitrogen functional groups attached to an aromatic ring is 1. The summed E-state index contributed by atoms with van der Waals surface area (Å²) in [7, 11) is 0. The fourth-order valence-electron chi connectivity index (χ4n) is 1.70. The van der Waals surface area contributed by atoms with Crippen LogP contribution in [0.1, 0.15) is 41.4 Å². The summed E-state index contributed by atoms with van der Waals surface area (Å²) in [5, 5.41) is 5.19. The maximum atomic E-state index is 11.9. The smallest absolute Gasteiger partial charge is 0.251 e. The molecule has 0 aliphatic heterocycles. The topological polar surface area (TPSA) is 68.0 Å². The minimum absolute atomic E-state index is 0.0955. The van der Waals surface area contributed by atoms with Crippen LogP contribution in [0.5, 0.6) is 0 Å². The van der Waals surface area contributed by atoms with Crippen LogP contribution in [0, 0.1) is 0 Å². The molecule has 1 amide bonds. The van der Waals surface area contributed by atoms with Gasteiger partial charge < -0.3 is 11.1 Å². The van der Waals surface area contributed by atoms with Gasteiger partial charge in [0.25, 0.3) is 5.91 Å². The van der Waals surface area contributed by atoms with Crippen molar-refractivity contribution in [1.82, 2.24) is 10.3 Å². The molecular formula is C14H17N3OS. The molecule has 2 aromatic rings. The van der Waals surface area contributed by atoms with Gasteiger partial charge in [-0.25, -0.2) is 4.98 Å². The van der Waals surface area contributed by atoms with E-state index in [0.717, 1.165) is 5.69 Å². The van der Waals surface area contributed by atoms with Gasteiger partial charge in [0.15, 0.2) is 5.13 Å². The second-order valence-corrected chi connectivity index (χ2v) is 5.53. The van der Waals surface area contributed by atoms with Crippen LogP contribution in [0.3, 0.4) is 0 Å². The number of hydrogen-bond acceptors (Lipinski definition) is 4. The lowest BCUT2D eigenvalue weighted by Gasteiger charge is -2.07. The minimum atomic E-state index is -0.0955. The normalized spacial score (nSPS) is 10.7. The Kier molecular flexibility index (Phi) is 4.16. The van der Waals surface area contributed by atoms with Crippen LogP contribution in [0.25, 0.3) is 0 Å². The van der Waals surface area contributed by atoms with Gasteiger partial charge in [-0.15, -0.1) is 11.3 Å². The van der Waals surface area contributed by atoms with Crippen LogP contribution in [0.15, 0.2) is 29.6 Å². The predicted molar refractivity (Wildman–Crippen MR) is 78.2 cm³/mol. The number of amides is 1. The molecule has 0 unspecified atom stereocenters. The van der Waals surface area contributed by atoms with E-state index >= 15 is 0 Å². The molecule has 0 spiro atoms. The number of nitrogens with one attached hydrogen (secondary N) is 1. The van der Waals surface area contributed by atoms with Crippen LogP contribution in [0.2, 0.25) is 0 Å². The Morgan fingerprint density at radius 3 is 2.58 bits per heavy atom. The quantitative estimate of drug-likeness (QED) is 0.901. The number of aromatic nitrogens is 1. The van der Waals surface area contributed by atoms with E-state index in [2.05, 4.69) is 24.1 Å². The van der Waals surface area contributed by atoms with Crippen molar-refractivity contribution in [3.8, 4) is 0 Å². The molecule has 0 saturated heterocycles. The first kappa shape index (κ1) is 13.5. The SMILES string of the molecule is CC(C)c1ccc(C(=O)NCc2csc(N)n2)cc1. The molecule has 100 valence electrons. The van der Waals surface area contributed by atoms with E-state index < -0.39 is 0 Å². The average Bonchev–Trinajstić information content (AvgIpc) is 2.82. The summed E-state index contributed by atoms with van der Waals surface area (Å²) < 4.78 is 0. The number of rotatable bonds is 4. The van der Waals surface area contributed by atoms with Gasteiger partial charge in [-0.1, -0.05) is 26.0 Å². The van der Waals surface area contributed by atoms with E-state index in [1.165, 1.54) is 16.9 Å². The van der Waals surface area contributed by atoms with Crippen molar-refractivity contribution in [2.45, 2.75) is 26.3 Å². The minimum Gasteiger partial charge on any atom is -0.375 e. The van der Waals surface area contributed by atoms with Gasteiger partial charge in [0.05, 0.1) is 12.2 Å². The standard InChI is InChI=1S/C14H17N3OS/c1-9(2)10-3-5-11(6-4-10)13(18)16-7-12-8-19-14(15)17-12/h3-6,8-9H,7H2,1-2H3,(H2,15,17)(H,16,18). The molecule has 1 heterocycles. The molecule has 3 N–H and O–H groups in total. The number of thiazole rings is 1. The Morgan fingerprint density at radius 1 is 1.37 bits per heavy atom. The fraction of sp³-hybridized carbons (Fsp3) is 0.286. The molecule has 0 aliphatic rings. The van der Waals surface area contributed by atoms with Gasteiger partial charge >= 0.3 is 0 Å². The van der Waals surface area contributed by atoms with E-state index in [0.29, 0.717) is 23.2 Å². The van der Waals surface area contributed by atoms with E-state index in [1.54, 1.807) is 0 Å². The fourth-order valence-corrected chi connectivity index (χ4v) is 2.26. The third kappa shape index (κ3) is 3.54. The molecule has 19 heavy (non-hydrogen) atoms. The van der Waals surface area contributed by atoms with E-state index in [9.17, 15) is 4.79 Å². The number of hydrogen-bond donors (Lipinski definition) is 2. The molecule has 1 aromatic carbocycles. The van der Waals surface area contributed by atoms with Crippen molar-refractivity contribution in [2.75, 3.05) is 5.73 Å². The van der Waals surface area contributed by atoms with Crippen molar-refractivity contribution in [2.24, 2.45) is 0 Å². The maximum Gasteiger partial charge on any atom is 0.251 e. The zero-order chi connectivity index (χ0) is 13.8. The first-order chi connectivity index (χ1) is 9.06. The molecule has 0 aliphatic carbocycles. The number of carbonyl (C=O) groups is 1. The molecule has 0 bridgehead atoms. The molecule has 0 atom stereocenters. The van der Waals surface area contributed by atoms with Crippen molar-refractivity contribution >= 4 is 22.4 Å². The van der Waals surface area contributed by atoms with Crippen LogP contribution < -0.4 is 11.1 Å². The largest absolute Gasteiger partial charge is 0.375 e. The molecule has 0 saturated carbocycles. The number of nitrogens with zero attached hydrogens (tertiary/aromatic N) is 1. The van der Waals surface area contributed by atoms with Crippen molar-refractivity contribution in [1.29, 1.82) is 0 Å². The Bertz CT molecular complexity index is 560. The third-order valence-corrected chi connectivity index (χ3v) is 3.56. The number of nitrogens with two attached hydrogens (primary N) is 1. The van der Waals surface area contributed by atoms with Crippen LogP contribution in [-0.4, -0.2) is 10.9 Å². The molecule has 1 aromatic heterocycles. The first-order valence-corrected chi connectivity index (χ1v) is 7.02. The van der Waals surface area contributed by atoms with Crippen molar-refractivity contribution in [3.05, 3.63) is 46.5 Å². The Balaban J connectivity index is 1.96. The Morgan fingerprint density at radius 2 is 2.05 bits per heavy atom. The third-order valence-electron chi connectivity index (χ3n) is 2.84. The Labute approximate surface area is 116 Å². The highest BCUT2D eigenvalue weighted by atomic mass is 32.1. The highest BCUT2D eigenvalue weighted by Gasteiger charge is 2.07. The maximum absolute atomic E-state index is 11.9. The second kappa shape index (κ2) is 5.84. The summed E-state index contributed by atoms with van der Waals surface area (Å²) in [5.74, 6) is 0.372. The predicted octanol–water partition coefficient (Wildman–Crippen LogP) is 2.78. The molecule has 5 heteroatoms. The summed E-state index contributed by atoms with van der Waals surface area (Å²) in [5.41, 5.74) is 8.21. The first-order valence-electron chi connectivity index (χ1n) is 6.14. The lowest BCUT2D eigenvalue weighted by atomic mass is 10.0. The summed E-state index contributed by atoms with van der Waals surface area (Å²) in [6.07, 6.45) is 0. The number of carbonyl (C=O) groups excluding carboxylic acids is 1. The van der Waals surface area contributed by atoms with Gasteiger partial charge in [0.2, 0.25) is 0 Å². The second-order valence-electron chi connectivity index (χ2n) is 4.64. The molecule has 2 rings (SSSR count). The van der Waals surface area contributed by atoms with Gasteiger partial charge in [-0.3, -0.25) is 4.79 Å². The monoisotopic (exact) mass is 275 g/mol. The molecule has 4 nitrogen and oxygen atoms in total. The van der Waals surface area contributed by atoms with Crippen LogP contribution in [0.4, 0.5) is 5.13 Å². The highest BCUT2D eigenvalue weighted by Crippen LogP contribution is 2.15. The molecule has 0 fully saturated rings. The molecule has 0 radical (unpaired) electrons. The zero-order valence-corrected chi connectivity index (χ0v) is 11.8. The number of anilines is 1. The average molecular weight is 275 g/mol. The van der Waals surface area contributed by atoms with Gasteiger partial charge in [-0.05, 0) is 23.6 Å². The van der Waals surface area contributed by atoms with E-state index in [4.69, 9.17) is 5.73 Å². The summed E-state index contributed by atoms with van der Waals surface area (Å²) in [6.45, 7) is 4.65. The van der Waals surface area contributed by atoms with E-state index in [-0.39, 0.29) is 5.91 Å². The van der Waals surface area contributed by atoms with Crippen molar-refractivity contribution < 1.29 is 4.79 Å². The summed E-state index contributed by atoms with van der Waals surface area (Å²) in [6, 6.07) is 7.67. The summed E-state index contributed by atoms with van der Waals surface area (Å²) in [4.78, 5) is 16.0. The van der Waals surface area contributed by atoms with Gasteiger partial charge in [-0.2, -0.15) is 0 Å². The van der Waals surface area contributed by atoms with Gasteiger partial charge in [0, 0.05) is 10.9 Å². The molecular weight excluding hydrogens is 258 g/mol. The summed E-state index contributed by atoms with van der Waals surface area (Å²) >= 11 is 1.37. The van der Waals surface area contributed by atoms with E-state index in [1.807, 2.05) is 29.6 Å². The van der Waals surface area contributed by atoms with Crippen LogP contribution >= 0.6 is 11.3 Å². The Hall–Kier alpha value is -1.88. The highest BCUT2D eigenvalue weighted by molar-refractivity contribution is 7.13. The lowest BCUT2D eigenvalue weighted by molar-refractivity contribution is 0.0950. The lowest BCUT2D eigenvalue weighted by Crippen LogP contribution is -2.22. The number of benzene rings is 1.